The molecule has 1 amide bonds. The van der Waals surface area contributed by atoms with Gasteiger partial charge in [-0.05, 0) is 37.1 Å². The van der Waals surface area contributed by atoms with E-state index >= 15 is 0 Å². The lowest BCUT2D eigenvalue weighted by atomic mass is 10.1. The third-order valence-corrected chi connectivity index (χ3v) is 3.66. The predicted molar refractivity (Wildman–Crippen MR) is 95.4 cm³/mol. The molecule has 0 saturated heterocycles. The summed E-state index contributed by atoms with van der Waals surface area (Å²) >= 11 is 0. The second kappa shape index (κ2) is 7.50. The Labute approximate surface area is 140 Å². The average Bonchev–Trinajstić information content (AvgIpc) is 3.00. The van der Waals surface area contributed by atoms with E-state index in [4.69, 9.17) is 4.74 Å². The molecule has 0 aliphatic heterocycles. The van der Waals surface area contributed by atoms with Gasteiger partial charge in [-0.25, -0.2) is 9.78 Å². The fourth-order valence-electron chi connectivity index (χ4n) is 2.52. The molecule has 3 N–H and O–H groups in total. The maximum Gasteiger partial charge on any atom is 0.411 e. The topological polar surface area (TPSA) is 79.0 Å². The highest BCUT2D eigenvalue weighted by Crippen LogP contribution is 2.18. The third-order valence-electron chi connectivity index (χ3n) is 3.66. The number of hydrogen-bond donors (Lipinski definition) is 3. The van der Waals surface area contributed by atoms with E-state index in [1.165, 1.54) is 10.9 Å². The number of carbonyl (C=O) groups excluding carboxylic acids is 1. The first-order valence-corrected chi connectivity index (χ1v) is 7.95. The molecular weight excluding hydrogens is 304 g/mol. The molecule has 3 rings (SSSR count). The number of ether oxygens (including phenoxy) is 1. The summed E-state index contributed by atoms with van der Waals surface area (Å²) in [5.41, 5.74) is 3.04. The molecule has 0 saturated carbocycles. The molecule has 2 heterocycles. The minimum atomic E-state index is -0.473. The first kappa shape index (κ1) is 15.9. The Bertz CT molecular complexity index is 811. The standard InChI is InChI=1S/C18H20N4O2/c1-2-24-18(23)22-14-7-8-17(21-12-14)19-10-9-13-11-20-16-6-4-3-5-15(13)16/h3-8,11-12,20H,2,9-10H2,1H3,(H,19,21)(H,22,23). The van der Waals surface area contributed by atoms with E-state index in [0.29, 0.717) is 12.3 Å². The van der Waals surface area contributed by atoms with Crippen LogP contribution in [0.4, 0.5) is 16.3 Å². The maximum absolute atomic E-state index is 11.3. The number of para-hydroxylation sites is 1. The van der Waals surface area contributed by atoms with Crippen LogP contribution < -0.4 is 10.6 Å². The van der Waals surface area contributed by atoms with Gasteiger partial charge in [0.1, 0.15) is 5.82 Å². The number of rotatable bonds is 6. The van der Waals surface area contributed by atoms with Crippen molar-refractivity contribution in [1.29, 1.82) is 0 Å². The Morgan fingerprint density at radius 1 is 1.25 bits per heavy atom. The van der Waals surface area contributed by atoms with Crippen LogP contribution >= 0.6 is 0 Å². The summed E-state index contributed by atoms with van der Waals surface area (Å²) in [6, 6.07) is 11.9. The van der Waals surface area contributed by atoms with Crippen LogP contribution in [-0.2, 0) is 11.2 Å². The molecule has 6 heteroatoms. The number of anilines is 2. The van der Waals surface area contributed by atoms with Crippen molar-refractivity contribution >= 4 is 28.5 Å². The van der Waals surface area contributed by atoms with Crippen molar-refractivity contribution in [1.82, 2.24) is 9.97 Å². The van der Waals surface area contributed by atoms with Crippen LogP contribution in [-0.4, -0.2) is 29.2 Å². The molecule has 2 aromatic heterocycles. The van der Waals surface area contributed by atoms with E-state index in [2.05, 4.69) is 32.7 Å². The first-order valence-electron chi connectivity index (χ1n) is 7.95. The number of fused-ring (bicyclic) bond motifs is 1. The minimum Gasteiger partial charge on any atom is -0.450 e. The second-order valence-electron chi connectivity index (χ2n) is 5.31. The van der Waals surface area contributed by atoms with Crippen LogP contribution in [0.3, 0.4) is 0 Å². The van der Waals surface area contributed by atoms with Gasteiger partial charge in [0.15, 0.2) is 0 Å². The molecule has 0 aliphatic rings. The molecule has 6 nitrogen and oxygen atoms in total. The van der Waals surface area contributed by atoms with Gasteiger partial charge < -0.3 is 15.0 Å². The van der Waals surface area contributed by atoms with E-state index in [-0.39, 0.29) is 0 Å². The molecule has 124 valence electrons. The Hall–Kier alpha value is -3.02. The van der Waals surface area contributed by atoms with Crippen molar-refractivity contribution in [3.8, 4) is 0 Å². The van der Waals surface area contributed by atoms with Gasteiger partial charge in [-0.2, -0.15) is 0 Å². The maximum atomic E-state index is 11.3. The summed E-state index contributed by atoms with van der Waals surface area (Å²) in [7, 11) is 0. The van der Waals surface area contributed by atoms with Crippen molar-refractivity contribution < 1.29 is 9.53 Å². The third kappa shape index (κ3) is 3.84. The molecule has 3 aromatic rings. The molecule has 0 fully saturated rings. The molecular formula is C18H20N4O2. The smallest absolute Gasteiger partial charge is 0.411 e. The van der Waals surface area contributed by atoms with Gasteiger partial charge in [-0.15, -0.1) is 0 Å². The van der Waals surface area contributed by atoms with Gasteiger partial charge >= 0.3 is 6.09 Å². The lowest BCUT2D eigenvalue weighted by Crippen LogP contribution is -2.13. The van der Waals surface area contributed by atoms with Crippen LogP contribution in [0.2, 0.25) is 0 Å². The van der Waals surface area contributed by atoms with Gasteiger partial charge in [0.2, 0.25) is 0 Å². The normalized spacial score (nSPS) is 10.5. The molecule has 0 unspecified atom stereocenters. The van der Waals surface area contributed by atoms with Crippen molar-refractivity contribution in [3.63, 3.8) is 0 Å². The highest BCUT2D eigenvalue weighted by Gasteiger charge is 2.04. The van der Waals surface area contributed by atoms with E-state index in [1.807, 2.05) is 24.4 Å². The summed E-state index contributed by atoms with van der Waals surface area (Å²) < 4.78 is 4.82. The Morgan fingerprint density at radius 3 is 2.92 bits per heavy atom. The number of amides is 1. The fraction of sp³-hybridized carbons (Fsp3) is 0.222. The Balaban J connectivity index is 1.52. The summed E-state index contributed by atoms with van der Waals surface area (Å²) in [4.78, 5) is 18.9. The van der Waals surface area contributed by atoms with Crippen molar-refractivity contribution in [2.75, 3.05) is 23.8 Å². The number of benzene rings is 1. The highest BCUT2D eigenvalue weighted by molar-refractivity contribution is 5.84. The molecule has 0 bridgehead atoms. The highest BCUT2D eigenvalue weighted by atomic mass is 16.5. The number of H-pyrrole nitrogens is 1. The molecule has 1 aromatic carbocycles. The van der Waals surface area contributed by atoms with E-state index in [9.17, 15) is 4.79 Å². The van der Waals surface area contributed by atoms with Gasteiger partial charge in [0, 0.05) is 23.6 Å². The fourth-order valence-corrected chi connectivity index (χ4v) is 2.52. The van der Waals surface area contributed by atoms with Crippen molar-refractivity contribution in [3.05, 3.63) is 54.4 Å². The van der Waals surface area contributed by atoms with Crippen LogP contribution in [0.5, 0.6) is 0 Å². The van der Waals surface area contributed by atoms with E-state index in [1.54, 1.807) is 19.2 Å². The molecule has 0 radical (unpaired) electrons. The monoisotopic (exact) mass is 324 g/mol. The van der Waals surface area contributed by atoms with Crippen molar-refractivity contribution in [2.24, 2.45) is 0 Å². The lowest BCUT2D eigenvalue weighted by molar-refractivity contribution is 0.168. The number of nitrogens with zero attached hydrogens (tertiary/aromatic N) is 1. The van der Waals surface area contributed by atoms with Crippen LogP contribution in [0.25, 0.3) is 10.9 Å². The number of pyridine rings is 1. The van der Waals surface area contributed by atoms with Crippen molar-refractivity contribution in [2.45, 2.75) is 13.3 Å². The number of aromatic amines is 1. The number of hydrogen-bond acceptors (Lipinski definition) is 4. The zero-order chi connectivity index (χ0) is 16.8. The summed E-state index contributed by atoms with van der Waals surface area (Å²) in [5.74, 6) is 0.768. The van der Waals surface area contributed by atoms with E-state index in [0.717, 1.165) is 24.3 Å². The summed E-state index contributed by atoms with van der Waals surface area (Å²) in [5, 5.41) is 7.15. The van der Waals surface area contributed by atoms with Crippen LogP contribution in [0, 0.1) is 0 Å². The minimum absolute atomic E-state index is 0.340. The average molecular weight is 324 g/mol. The van der Waals surface area contributed by atoms with Gasteiger partial charge in [-0.1, -0.05) is 18.2 Å². The van der Waals surface area contributed by atoms with Gasteiger partial charge in [-0.3, -0.25) is 5.32 Å². The van der Waals surface area contributed by atoms with E-state index < -0.39 is 6.09 Å². The van der Waals surface area contributed by atoms with Gasteiger partial charge in [0.05, 0.1) is 18.5 Å². The predicted octanol–water partition coefficient (Wildman–Crippen LogP) is 3.79. The zero-order valence-corrected chi connectivity index (χ0v) is 13.5. The summed E-state index contributed by atoms with van der Waals surface area (Å²) in [6.07, 6.45) is 4.07. The largest absolute Gasteiger partial charge is 0.450 e. The number of aromatic nitrogens is 2. The quantitative estimate of drug-likeness (QED) is 0.644. The van der Waals surface area contributed by atoms with Gasteiger partial charge in [0.25, 0.3) is 0 Å². The van der Waals surface area contributed by atoms with Crippen LogP contribution in [0.15, 0.2) is 48.8 Å². The first-order chi connectivity index (χ1) is 11.8. The summed E-state index contributed by atoms with van der Waals surface area (Å²) in [6.45, 7) is 2.88. The Kier molecular flexibility index (Phi) is 4.96. The van der Waals surface area contributed by atoms with Crippen LogP contribution in [0.1, 0.15) is 12.5 Å². The SMILES string of the molecule is CCOC(=O)Nc1ccc(NCCc2c[nH]c3ccccc23)nc1. The molecule has 0 atom stereocenters. The molecule has 0 aliphatic carbocycles. The lowest BCUT2D eigenvalue weighted by Gasteiger charge is -2.07. The Morgan fingerprint density at radius 2 is 2.12 bits per heavy atom. The number of nitrogens with one attached hydrogen (secondary N) is 3. The number of carbonyl (C=O) groups is 1. The second-order valence-corrected chi connectivity index (χ2v) is 5.31. The molecule has 0 spiro atoms. The zero-order valence-electron chi connectivity index (χ0n) is 13.5. The molecule has 24 heavy (non-hydrogen) atoms.